The van der Waals surface area contributed by atoms with Crippen LogP contribution in [-0.2, 0) is 22.7 Å². The van der Waals surface area contributed by atoms with Crippen molar-refractivity contribution in [3.8, 4) is 124 Å². The van der Waals surface area contributed by atoms with Gasteiger partial charge in [0.25, 0.3) is 0 Å². The number of aromatic nitrogens is 6. The van der Waals surface area contributed by atoms with Gasteiger partial charge in [-0.3, -0.25) is 0 Å². The minimum atomic E-state index is -0.549. The van der Waals surface area contributed by atoms with Gasteiger partial charge in [0.1, 0.15) is 0 Å². The minimum Gasteiger partial charge on any atom is -0.208 e. The molecule has 0 fully saturated rings. The van der Waals surface area contributed by atoms with Crippen molar-refractivity contribution in [1.29, 1.82) is 0 Å². The molecule has 0 radical (unpaired) electrons. The zero-order valence-electron chi connectivity index (χ0n) is 59.2. The van der Waals surface area contributed by atoms with E-state index in [0.717, 1.165) is 50.6 Å². The van der Waals surface area contributed by atoms with Gasteiger partial charge < -0.3 is 0 Å². The fraction of sp³-hybridized carbons (Fsp3) is 0.0800. The summed E-state index contributed by atoms with van der Waals surface area (Å²) in [6.45, 7) is 9.32. The summed E-state index contributed by atoms with van der Waals surface area (Å²) >= 11 is 0. The lowest BCUT2D eigenvalue weighted by atomic mass is 9.67. The number of nitrogens with zero attached hydrogens (tertiary/aromatic N) is 6. The zero-order chi connectivity index (χ0) is 70.8. The first kappa shape index (κ1) is 62.6. The number of hydrogen-bond donors (Lipinski definition) is 0. The van der Waals surface area contributed by atoms with Crippen LogP contribution in [0.2, 0.25) is 0 Å². The summed E-state index contributed by atoms with van der Waals surface area (Å²) in [6.07, 6.45) is 0.962. The third-order valence-corrected chi connectivity index (χ3v) is 23.0. The van der Waals surface area contributed by atoms with Gasteiger partial charge in [-0.25, -0.2) is 29.9 Å². The van der Waals surface area contributed by atoms with Gasteiger partial charge in [0.05, 0.1) is 5.41 Å². The zero-order valence-corrected chi connectivity index (χ0v) is 59.2. The first-order valence-corrected chi connectivity index (χ1v) is 36.7. The predicted molar refractivity (Wildman–Crippen MR) is 433 cm³/mol. The quantitative estimate of drug-likeness (QED) is 0.143. The number of fused-ring (bicyclic) bond motifs is 14. The Kier molecular flexibility index (Phi) is 14.5. The molecule has 4 aliphatic carbocycles. The van der Waals surface area contributed by atoms with Gasteiger partial charge in [-0.1, -0.05) is 325 Å². The van der Waals surface area contributed by atoms with Crippen molar-refractivity contribution in [1.82, 2.24) is 29.9 Å². The molecule has 0 saturated carbocycles. The molecule has 0 atom stereocenters. The maximum absolute atomic E-state index is 5.38. The van der Waals surface area contributed by atoms with Crippen molar-refractivity contribution in [2.24, 2.45) is 0 Å². The molecule has 2 aromatic heterocycles. The number of benzene rings is 15. The molecule has 0 amide bonds. The van der Waals surface area contributed by atoms with Crippen LogP contribution in [0.15, 0.2) is 340 Å². The van der Waals surface area contributed by atoms with Crippen LogP contribution in [0.5, 0.6) is 0 Å². The molecule has 0 aliphatic heterocycles. The summed E-state index contributed by atoms with van der Waals surface area (Å²) in [7, 11) is 0. The van der Waals surface area contributed by atoms with E-state index in [1.165, 1.54) is 122 Å². The normalized spacial score (nSPS) is 13.8. The highest BCUT2D eigenvalue weighted by molar-refractivity contribution is 6.03. The molecule has 0 spiro atoms. The Labute approximate surface area is 617 Å². The fourth-order valence-corrected chi connectivity index (χ4v) is 17.7. The lowest BCUT2D eigenvalue weighted by Gasteiger charge is -2.34. The summed E-state index contributed by atoms with van der Waals surface area (Å²) in [5, 5.41) is 4.65. The fourth-order valence-electron chi connectivity index (χ4n) is 17.7. The van der Waals surface area contributed by atoms with E-state index in [9.17, 15) is 0 Å². The highest BCUT2D eigenvalue weighted by atomic mass is 15.0. The van der Waals surface area contributed by atoms with Gasteiger partial charge in [-0.15, -0.1) is 0 Å². The van der Waals surface area contributed by atoms with Crippen LogP contribution >= 0.6 is 0 Å². The Morgan fingerprint density at radius 3 is 1.10 bits per heavy atom. The number of hydrogen-bond acceptors (Lipinski definition) is 6. The van der Waals surface area contributed by atoms with Crippen LogP contribution in [0.1, 0.15) is 83.3 Å². The second kappa shape index (κ2) is 24.5. The molecular formula is C100H70N6. The van der Waals surface area contributed by atoms with E-state index in [1.807, 2.05) is 36.4 Å². The highest BCUT2D eigenvalue weighted by Crippen LogP contribution is 2.58. The van der Waals surface area contributed by atoms with E-state index in [2.05, 4.69) is 331 Å². The molecule has 0 unspecified atom stereocenters. The first-order valence-electron chi connectivity index (χ1n) is 36.7. The monoisotopic (exact) mass is 1350 g/mol. The smallest absolute Gasteiger partial charge is 0.164 e. The molecule has 0 bridgehead atoms. The minimum absolute atomic E-state index is 0.0899. The summed E-state index contributed by atoms with van der Waals surface area (Å²) in [5.74, 6) is 4.00. The summed E-state index contributed by atoms with van der Waals surface area (Å²) in [5.41, 5.74) is 30.8. The lowest BCUT2D eigenvalue weighted by Crippen LogP contribution is -2.28. The average molecular weight is 1360 g/mol. The maximum atomic E-state index is 5.38. The molecule has 21 rings (SSSR count). The van der Waals surface area contributed by atoms with Gasteiger partial charge in [0.15, 0.2) is 34.9 Å². The molecule has 6 nitrogen and oxygen atoms in total. The molecule has 0 N–H and O–H groups in total. The Balaban J connectivity index is 0.000000149. The van der Waals surface area contributed by atoms with E-state index in [1.54, 1.807) is 0 Å². The summed E-state index contributed by atoms with van der Waals surface area (Å²) in [6, 6.07) is 122. The topological polar surface area (TPSA) is 77.3 Å². The standard InChI is InChI=1S/C59H41N3.C41H29N3/c1-58(2)51-29-16-15-27-45(51)50-34-41-22-17-28-47(48(41)37-53(50)58)57-61-55(39-20-9-4-10-21-39)60-56(62-57)42-31-33-52-49(35-42)46-32-30-40(38-18-7-3-8-19-38)36-54(46)59(52,43-23-11-5-12-24-43)44-25-13-6-14-26-44;1-41(2)36-18-9-8-16-31(36)35-22-27-14-10-17-32(34(27)24-37(35)41)40-43-38(25-11-4-3-5-12-25)42-39(44-40)29-20-19-28-21-26-13-6-7-15-30(26)33(28)23-29/h3-37H,1-2H3;3-20,22-24H,21H2,1-2H3. The summed E-state index contributed by atoms with van der Waals surface area (Å²) in [4.78, 5) is 31.2. The summed E-state index contributed by atoms with van der Waals surface area (Å²) < 4.78 is 0. The Hall–Kier alpha value is -13.2. The predicted octanol–water partition coefficient (Wildman–Crippen LogP) is 24.3. The van der Waals surface area contributed by atoms with Crippen LogP contribution in [-0.4, -0.2) is 29.9 Å². The maximum Gasteiger partial charge on any atom is 0.164 e. The largest absolute Gasteiger partial charge is 0.208 e. The van der Waals surface area contributed by atoms with Crippen LogP contribution in [0.3, 0.4) is 0 Å². The highest BCUT2D eigenvalue weighted by Gasteiger charge is 2.47. The Bertz CT molecular complexity index is 6360. The molecule has 106 heavy (non-hydrogen) atoms. The van der Waals surface area contributed by atoms with Crippen molar-refractivity contribution in [3.05, 3.63) is 395 Å². The second-order valence-electron chi connectivity index (χ2n) is 29.6. The molecule has 500 valence electrons. The van der Waals surface area contributed by atoms with Gasteiger partial charge in [0.2, 0.25) is 0 Å². The van der Waals surface area contributed by atoms with E-state index < -0.39 is 5.41 Å². The Morgan fingerprint density at radius 2 is 0.585 bits per heavy atom. The van der Waals surface area contributed by atoms with E-state index in [0.29, 0.717) is 34.9 Å². The molecular weight excluding hydrogens is 1290 g/mol. The molecule has 2 heterocycles. The third kappa shape index (κ3) is 10.00. The van der Waals surface area contributed by atoms with Crippen LogP contribution < -0.4 is 0 Å². The van der Waals surface area contributed by atoms with Crippen LogP contribution in [0.4, 0.5) is 0 Å². The third-order valence-electron chi connectivity index (χ3n) is 23.0. The lowest BCUT2D eigenvalue weighted by molar-refractivity contribution is 0.661. The van der Waals surface area contributed by atoms with Gasteiger partial charge in [-0.2, -0.15) is 0 Å². The van der Waals surface area contributed by atoms with Crippen molar-refractivity contribution >= 4 is 21.5 Å². The van der Waals surface area contributed by atoms with Gasteiger partial charge in [0, 0.05) is 44.2 Å². The molecule has 6 heteroatoms. The average Bonchev–Trinajstić information content (AvgIpc) is 1.53. The van der Waals surface area contributed by atoms with Crippen LogP contribution in [0.25, 0.3) is 146 Å². The van der Waals surface area contributed by atoms with Crippen molar-refractivity contribution in [2.45, 2.75) is 50.4 Å². The van der Waals surface area contributed by atoms with Crippen molar-refractivity contribution in [3.63, 3.8) is 0 Å². The van der Waals surface area contributed by atoms with Crippen LogP contribution in [0, 0.1) is 0 Å². The van der Waals surface area contributed by atoms with Crippen molar-refractivity contribution in [2.75, 3.05) is 0 Å². The molecule has 4 aliphatic rings. The van der Waals surface area contributed by atoms with Gasteiger partial charge in [-0.05, 0) is 182 Å². The molecule has 15 aromatic carbocycles. The van der Waals surface area contributed by atoms with E-state index >= 15 is 0 Å². The second-order valence-corrected chi connectivity index (χ2v) is 29.6. The van der Waals surface area contributed by atoms with Gasteiger partial charge >= 0.3 is 0 Å². The Morgan fingerprint density at radius 1 is 0.208 bits per heavy atom. The first-order chi connectivity index (χ1) is 52.0. The van der Waals surface area contributed by atoms with Crippen molar-refractivity contribution < 1.29 is 0 Å². The number of rotatable bonds is 9. The van der Waals surface area contributed by atoms with E-state index in [-0.39, 0.29) is 10.8 Å². The van der Waals surface area contributed by atoms with E-state index in [4.69, 9.17) is 29.9 Å². The molecule has 17 aromatic rings. The SMILES string of the molecule is CC1(C)c2ccccc2-c2cc3cccc(-c4nc(-c5ccccc5)nc(-c5ccc6c(c5)-c5ccc(-c7ccccc7)cc5C6(c5ccccc5)c5ccccc5)n4)c3cc21.CC1(C)c2ccccc2-c2cc3cccc(-c4nc(-c5ccccc5)nc(-c5ccc6c(c5)-c5ccccc5C6)n4)c3cc21. The molecule has 0 saturated heterocycles.